The number of aliphatic carboxylic acids is 1. The van der Waals surface area contributed by atoms with E-state index >= 15 is 0 Å². The fraction of sp³-hybridized carbons (Fsp3) is 0.167. The first-order valence-electron chi connectivity index (χ1n) is 4.84. The van der Waals surface area contributed by atoms with Crippen molar-refractivity contribution in [2.24, 2.45) is 0 Å². The maximum Gasteiger partial charge on any atom is 0.244 e. The SMILES string of the molecule is C[C@@H](NC(=O)C=CC(=O)[O-])c1ccccc1. The van der Waals surface area contributed by atoms with Crippen LogP contribution in [0.5, 0.6) is 0 Å². The predicted octanol–water partition coefficient (Wildman–Crippen LogP) is 0.170. The highest BCUT2D eigenvalue weighted by atomic mass is 16.4. The van der Waals surface area contributed by atoms with Crippen LogP contribution in [0.3, 0.4) is 0 Å². The van der Waals surface area contributed by atoms with Crippen molar-refractivity contribution in [2.45, 2.75) is 13.0 Å². The summed E-state index contributed by atoms with van der Waals surface area (Å²) < 4.78 is 0. The van der Waals surface area contributed by atoms with Gasteiger partial charge in [-0.2, -0.15) is 0 Å². The molecule has 1 aromatic rings. The predicted molar refractivity (Wildman–Crippen MR) is 57.1 cm³/mol. The molecular formula is C12H12NO3-. The molecule has 1 amide bonds. The minimum atomic E-state index is -1.39. The molecule has 0 aromatic heterocycles. The summed E-state index contributed by atoms with van der Waals surface area (Å²) in [6, 6.07) is 9.22. The van der Waals surface area contributed by atoms with Gasteiger partial charge in [0, 0.05) is 6.08 Å². The monoisotopic (exact) mass is 218 g/mol. The standard InChI is InChI=1S/C12H13NO3/c1-9(10-5-3-2-4-6-10)13-11(14)7-8-12(15)16/h2-9H,1H3,(H,13,14)(H,15,16)/p-1/t9-/m1/s1. The van der Waals surface area contributed by atoms with Crippen LogP contribution in [0.4, 0.5) is 0 Å². The Labute approximate surface area is 93.6 Å². The van der Waals surface area contributed by atoms with E-state index in [1.807, 2.05) is 37.3 Å². The third-order valence-corrected chi connectivity index (χ3v) is 2.03. The number of amides is 1. The van der Waals surface area contributed by atoms with Gasteiger partial charge in [0.25, 0.3) is 0 Å². The largest absolute Gasteiger partial charge is 0.545 e. The maximum absolute atomic E-state index is 11.2. The molecule has 0 unspecified atom stereocenters. The molecule has 0 saturated carbocycles. The van der Waals surface area contributed by atoms with E-state index in [-0.39, 0.29) is 6.04 Å². The van der Waals surface area contributed by atoms with Crippen LogP contribution >= 0.6 is 0 Å². The van der Waals surface area contributed by atoms with Crippen LogP contribution in [-0.2, 0) is 9.59 Å². The normalized spacial score (nSPS) is 12.3. The van der Waals surface area contributed by atoms with E-state index < -0.39 is 11.9 Å². The molecule has 0 radical (unpaired) electrons. The summed E-state index contributed by atoms with van der Waals surface area (Å²) in [5.41, 5.74) is 0.956. The molecule has 4 nitrogen and oxygen atoms in total. The first-order chi connectivity index (χ1) is 7.59. The second-order valence-corrected chi connectivity index (χ2v) is 3.29. The van der Waals surface area contributed by atoms with E-state index in [0.29, 0.717) is 6.08 Å². The average molecular weight is 218 g/mol. The lowest BCUT2D eigenvalue weighted by molar-refractivity contribution is -0.297. The average Bonchev–Trinajstić information content (AvgIpc) is 2.27. The first-order valence-corrected chi connectivity index (χ1v) is 4.84. The molecule has 1 N–H and O–H groups in total. The maximum atomic E-state index is 11.2. The Bertz CT molecular complexity index is 398. The fourth-order valence-corrected chi connectivity index (χ4v) is 1.23. The van der Waals surface area contributed by atoms with Gasteiger partial charge in [0.2, 0.25) is 5.91 Å². The summed E-state index contributed by atoms with van der Waals surface area (Å²) in [6.07, 6.45) is 1.64. The van der Waals surface area contributed by atoms with Crippen molar-refractivity contribution < 1.29 is 14.7 Å². The molecule has 0 saturated heterocycles. The third-order valence-electron chi connectivity index (χ3n) is 2.03. The van der Waals surface area contributed by atoms with Gasteiger partial charge in [0.1, 0.15) is 0 Å². The van der Waals surface area contributed by atoms with Crippen LogP contribution in [0.1, 0.15) is 18.5 Å². The molecule has 0 aliphatic rings. The highest BCUT2D eigenvalue weighted by Gasteiger charge is 2.05. The van der Waals surface area contributed by atoms with E-state index in [9.17, 15) is 14.7 Å². The highest BCUT2D eigenvalue weighted by molar-refractivity contribution is 5.93. The van der Waals surface area contributed by atoms with Crippen molar-refractivity contribution in [3.63, 3.8) is 0 Å². The lowest BCUT2D eigenvalue weighted by Gasteiger charge is -2.12. The minimum Gasteiger partial charge on any atom is -0.545 e. The molecule has 0 fully saturated rings. The number of hydrogen-bond acceptors (Lipinski definition) is 3. The summed E-state index contributed by atoms with van der Waals surface area (Å²) >= 11 is 0. The van der Waals surface area contributed by atoms with Gasteiger partial charge >= 0.3 is 0 Å². The van der Waals surface area contributed by atoms with Crippen LogP contribution < -0.4 is 10.4 Å². The van der Waals surface area contributed by atoms with Crippen LogP contribution in [0.15, 0.2) is 42.5 Å². The second kappa shape index (κ2) is 5.70. The zero-order valence-electron chi connectivity index (χ0n) is 8.84. The van der Waals surface area contributed by atoms with Crippen LogP contribution in [-0.4, -0.2) is 11.9 Å². The fourth-order valence-electron chi connectivity index (χ4n) is 1.23. The molecule has 0 aliphatic heterocycles. The zero-order chi connectivity index (χ0) is 12.0. The first kappa shape index (κ1) is 12.0. The molecule has 0 aliphatic carbocycles. The Hall–Kier alpha value is -2.10. The smallest absolute Gasteiger partial charge is 0.244 e. The van der Waals surface area contributed by atoms with Gasteiger partial charge in [-0.15, -0.1) is 0 Å². The van der Waals surface area contributed by atoms with Gasteiger partial charge in [0.15, 0.2) is 0 Å². The Morgan fingerprint density at radius 2 is 1.88 bits per heavy atom. The molecule has 1 aromatic carbocycles. The summed E-state index contributed by atoms with van der Waals surface area (Å²) in [5, 5.41) is 12.7. The quantitative estimate of drug-likeness (QED) is 0.732. The summed E-state index contributed by atoms with van der Waals surface area (Å²) in [5.74, 6) is -1.84. The van der Waals surface area contributed by atoms with E-state index in [1.165, 1.54) is 0 Å². The lowest BCUT2D eigenvalue weighted by Crippen LogP contribution is -2.26. The molecule has 84 valence electrons. The number of carboxylic acids is 1. The van der Waals surface area contributed by atoms with Crippen molar-refractivity contribution in [2.75, 3.05) is 0 Å². The second-order valence-electron chi connectivity index (χ2n) is 3.29. The van der Waals surface area contributed by atoms with Gasteiger partial charge < -0.3 is 15.2 Å². The van der Waals surface area contributed by atoms with Crippen molar-refractivity contribution in [3.8, 4) is 0 Å². The van der Waals surface area contributed by atoms with Gasteiger partial charge in [-0.05, 0) is 18.6 Å². The van der Waals surface area contributed by atoms with Crippen molar-refractivity contribution >= 4 is 11.9 Å². The number of carboxylic acid groups (broad SMARTS) is 1. The number of carbonyl (C=O) groups is 2. The molecule has 4 heteroatoms. The Morgan fingerprint density at radius 1 is 1.25 bits per heavy atom. The van der Waals surface area contributed by atoms with Crippen LogP contribution in [0.2, 0.25) is 0 Å². The molecule has 0 heterocycles. The Balaban J connectivity index is 2.55. The minimum absolute atomic E-state index is 0.167. The lowest BCUT2D eigenvalue weighted by atomic mass is 10.1. The summed E-state index contributed by atoms with van der Waals surface area (Å²) in [7, 11) is 0. The van der Waals surface area contributed by atoms with Crippen LogP contribution in [0.25, 0.3) is 0 Å². The van der Waals surface area contributed by atoms with E-state index in [2.05, 4.69) is 5.32 Å². The summed E-state index contributed by atoms with van der Waals surface area (Å²) in [4.78, 5) is 21.3. The highest BCUT2D eigenvalue weighted by Crippen LogP contribution is 2.10. The number of carbonyl (C=O) groups excluding carboxylic acids is 2. The van der Waals surface area contributed by atoms with E-state index in [4.69, 9.17) is 0 Å². The zero-order valence-corrected chi connectivity index (χ0v) is 8.84. The third kappa shape index (κ3) is 3.96. The van der Waals surface area contributed by atoms with Gasteiger partial charge in [0.05, 0.1) is 12.0 Å². The van der Waals surface area contributed by atoms with Crippen molar-refractivity contribution in [3.05, 3.63) is 48.0 Å². The van der Waals surface area contributed by atoms with Crippen molar-refractivity contribution in [1.29, 1.82) is 0 Å². The molecule has 1 rings (SSSR count). The van der Waals surface area contributed by atoms with Gasteiger partial charge in [-0.3, -0.25) is 4.79 Å². The van der Waals surface area contributed by atoms with E-state index in [0.717, 1.165) is 11.6 Å². The number of hydrogen-bond donors (Lipinski definition) is 1. The molecule has 0 spiro atoms. The molecular weight excluding hydrogens is 206 g/mol. The topological polar surface area (TPSA) is 69.2 Å². The Kier molecular flexibility index (Phi) is 4.27. The number of benzene rings is 1. The molecule has 0 bridgehead atoms. The molecule has 16 heavy (non-hydrogen) atoms. The summed E-state index contributed by atoms with van der Waals surface area (Å²) in [6.45, 7) is 1.82. The van der Waals surface area contributed by atoms with Gasteiger partial charge in [-0.1, -0.05) is 30.3 Å². The van der Waals surface area contributed by atoms with Crippen molar-refractivity contribution in [1.82, 2.24) is 5.32 Å². The molecule has 1 atom stereocenters. The number of nitrogens with one attached hydrogen (secondary N) is 1. The van der Waals surface area contributed by atoms with Crippen LogP contribution in [0, 0.1) is 0 Å². The number of rotatable bonds is 4. The van der Waals surface area contributed by atoms with Gasteiger partial charge in [-0.25, -0.2) is 0 Å². The van der Waals surface area contributed by atoms with E-state index in [1.54, 1.807) is 0 Å². The Morgan fingerprint density at radius 3 is 2.44 bits per heavy atom.